The fourth-order valence-electron chi connectivity index (χ4n) is 1.95. The molecule has 20 heavy (non-hydrogen) atoms. The van der Waals surface area contributed by atoms with E-state index in [4.69, 9.17) is 9.84 Å². The molecule has 0 aliphatic heterocycles. The third-order valence-corrected chi connectivity index (χ3v) is 2.88. The number of hydrogen-bond donors (Lipinski definition) is 1. The van der Waals surface area contributed by atoms with Crippen LogP contribution in [0.1, 0.15) is 5.56 Å². The largest absolute Gasteiger partial charge is 0.497 e. The number of carboxylic acids is 1. The average molecular weight is 278 g/mol. The molecule has 2 aromatic carbocycles. The maximum atomic E-state index is 13.3. The second kappa shape index (κ2) is 5.69. The first kappa shape index (κ1) is 14.0. The molecule has 2 aromatic rings. The molecular weight excluding hydrogens is 266 g/mol. The third kappa shape index (κ3) is 2.93. The summed E-state index contributed by atoms with van der Waals surface area (Å²) in [5, 5.41) is 8.93. The molecule has 0 aliphatic rings. The summed E-state index contributed by atoms with van der Waals surface area (Å²) in [7, 11) is 1.47. The lowest BCUT2D eigenvalue weighted by atomic mass is 9.97. The minimum Gasteiger partial charge on any atom is -0.497 e. The Hall–Kier alpha value is -2.43. The van der Waals surface area contributed by atoms with Crippen molar-refractivity contribution in [1.29, 1.82) is 0 Å². The number of carbonyl (C=O) groups is 1. The molecule has 0 radical (unpaired) electrons. The SMILES string of the molecule is COc1ccc(-c2ccc(F)c(F)c2)c(CC(=O)O)c1. The molecule has 0 aliphatic carbocycles. The third-order valence-electron chi connectivity index (χ3n) is 2.88. The van der Waals surface area contributed by atoms with Crippen molar-refractivity contribution in [3.63, 3.8) is 0 Å². The number of carboxylic acid groups (broad SMARTS) is 1. The van der Waals surface area contributed by atoms with Crippen molar-refractivity contribution >= 4 is 5.97 Å². The molecule has 5 heteroatoms. The number of aliphatic carboxylic acids is 1. The summed E-state index contributed by atoms with van der Waals surface area (Å²) in [6, 6.07) is 8.31. The monoisotopic (exact) mass is 278 g/mol. The minimum absolute atomic E-state index is 0.231. The fourth-order valence-corrected chi connectivity index (χ4v) is 1.95. The van der Waals surface area contributed by atoms with Gasteiger partial charge in [-0.1, -0.05) is 12.1 Å². The number of ether oxygens (including phenoxy) is 1. The van der Waals surface area contributed by atoms with E-state index in [1.54, 1.807) is 18.2 Å². The van der Waals surface area contributed by atoms with Crippen LogP contribution in [0.5, 0.6) is 5.75 Å². The molecule has 0 amide bonds. The van der Waals surface area contributed by atoms with Gasteiger partial charge in [0, 0.05) is 0 Å². The first-order valence-electron chi connectivity index (χ1n) is 5.85. The molecule has 0 saturated heterocycles. The summed E-state index contributed by atoms with van der Waals surface area (Å²) in [6.07, 6.45) is -0.231. The van der Waals surface area contributed by atoms with Crippen molar-refractivity contribution in [1.82, 2.24) is 0 Å². The molecule has 2 rings (SSSR count). The quantitative estimate of drug-likeness (QED) is 0.933. The first-order chi connectivity index (χ1) is 9.51. The molecule has 0 bridgehead atoms. The highest BCUT2D eigenvalue weighted by molar-refractivity contribution is 5.77. The van der Waals surface area contributed by atoms with Crippen molar-refractivity contribution in [2.75, 3.05) is 7.11 Å². The van der Waals surface area contributed by atoms with Gasteiger partial charge in [0.15, 0.2) is 11.6 Å². The maximum Gasteiger partial charge on any atom is 0.307 e. The van der Waals surface area contributed by atoms with Crippen LogP contribution in [0.2, 0.25) is 0 Å². The topological polar surface area (TPSA) is 46.5 Å². The Morgan fingerprint density at radius 3 is 2.50 bits per heavy atom. The molecule has 3 nitrogen and oxygen atoms in total. The highest BCUT2D eigenvalue weighted by Gasteiger charge is 2.12. The predicted molar refractivity (Wildman–Crippen MR) is 69.7 cm³/mol. The zero-order valence-electron chi connectivity index (χ0n) is 10.7. The predicted octanol–water partition coefficient (Wildman–Crippen LogP) is 3.27. The van der Waals surface area contributed by atoms with Crippen LogP contribution in [0.25, 0.3) is 11.1 Å². The number of hydrogen-bond acceptors (Lipinski definition) is 2. The van der Waals surface area contributed by atoms with E-state index in [1.165, 1.54) is 13.2 Å². The van der Waals surface area contributed by atoms with E-state index in [2.05, 4.69) is 0 Å². The number of rotatable bonds is 4. The summed E-state index contributed by atoms with van der Waals surface area (Å²) in [6.45, 7) is 0. The zero-order chi connectivity index (χ0) is 14.7. The van der Waals surface area contributed by atoms with E-state index in [0.717, 1.165) is 12.1 Å². The van der Waals surface area contributed by atoms with Crippen molar-refractivity contribution in [3.8, 4) is 16.9 Å². The smallest absolute Gasteiger partial charge is 0.307 e. The minimum atomic E-state index is -1.01. The molecule has 0 atom stereocenters. The Labute approximate surface area is 114 Å². The van der Waals surface area contributed by atoms with Gasteiger partial charge in [-0.3, -0.25) is 4.79 Å². The highest BCUT2D eigenvalue weighted by Crippen LogP contribution is 2.29. The van der Waals surface area contributed by atoms with Gasteiger partial charge >= 0.3 is 5.97 Å². The number of methoxy groups -OCH3 is 1. The average Bonchev–Trinajstić information content (AvgIpc) is 2.41. The first-order valence-corrected chi connectivity index (χ1v) is 5.85. The van der Waals surface area contributed by atoms with E-state index < -0.39 is 17.6 Å². The van der Waals surface area contributed by atoms with Crippen LogP contribution in [0, 0.1) is 11.6 Å². The van der Waals surface area contributed by atoms with Crippen LogP contribution in [0.15, 0.2) is 36.4 Å². The van der Waals surface area contributed by atoms with Gasteiger partial charge in [0.05, 0.1) is 13.5 Å². The molecule has 0 fully saturated rings. The van der Waals surface area contributed by atoms with E-state index in [9.17, 15) is 13.6 Å². The van der Waals surface area contributed by atoms with Crippen molar-refractivity contribution in [2.45, 2.75) is 6.42 Å². The second-order valence-electron chi connectivity index (χ2n) is 4.22. The molecule has 0 spiro atoms. The Kier molecular flexibility index (Phi) is 3.98. The molecule has 104 valence electrons. The van der Waals surface area contributed by atoms with Gasteiger partial charge in [0.1, 0.15) is 5.75 Å². The van der Waals surface area contributed by atoms with Crippen LogP contribution in [0.4, 0.5) is 8.78 Å². The Balaban J connectivity index is 2.53. The standard InChI is InChI=1S/C15H12F2O3/c1-20-11-3-4-12(10(6-11)8-15(18)19)9-2-5-13(16)14(17)7-9/h2-7H,8H2,1H3,(H,18,19). The lowest BCUT2D eigenvalue weighted by molar-refractivity contribution is -0.136. The van der Waals surface area contributed by atoms with Crippen LogP contribution in [-0.2, 0) is 11.2 Å². The summed E-state index contributed by atoms with van der Waals surface area (Å²) < 4.78 is 31.3. The summed E-state index contributed by atoms with van der Waals surface area (Å²) in [4.78, 5) is 10.9. The fraction of sp³-hybridized carbons (Fsp3) is 0.133. The van der Waals surface area contributed by atoms with Gasteiger partial charge in [-0.15, -0.1) is 0 Å². The van der Waals surface area contributed by atoms with Crippen LogP contribution in [0.3, 0.4) is 0 Å². The maximum absolute atomic E-state index is 13.3. The molecule has 0 aromatic heterocycles. The summed E-state index contributed by atoms with van der Waals surface area (Å²) in [5.74, 6) is -2.42. The van der Waals surface area contributed by atoms with E-state index in [-0.39, 0.29) is 6.42 Å². The molecular formula is C15H12F2O3. The van der Waals surface area contributed by atoms with Gasteiger partial charge in [0.2, 0.25) is 0 Å². The normalized spacial score (nSPS) is 10.3. The molecule has 0 unspecified atom stereocenters. The lowest BCUT2D eigenvalue weighted by Crippen LogP contribution is -2.02. The summed E-state index contributed by atoms with van der Waals surface area (Å²) in [5.41, 5.74) is 1.43. The van der Waals surface area contributed by atoms with E-state index in [1.807, 2.05) is 0 Å². The zero-order valence-corrected chi connectivity index (χ0v) is 10.7. The Morgan fingerprint density at radius 2 is 1.90 bits per heavy atom. The molecule has 1 N–H and O–H groups in total. The van der Waals surface area contributed by atoms with Crippen molar-refractivity contribution in [2.24, 2.45) is 0 Å². The lowest BCUT2D eigenvalue weighted by Gasteiger charge is -2.10. The van der Waals surface area contributed by atoms with Gasteiger partial charge in [-0.2, -0.15) is 0 Å². The van der Waals surface area contributed by atoms with Gasteiger partial charge < -0.3 is 9.84 Å². The van der Waals surface area contributed by atoms with Gasteiger partial charge in [-0.05, 0) is 41.0 Å². The second-order valence-corrected chi connectivity index (χ2v) is 4.22. The number of benzene rings is 2. The van der Waals surface area contributed by atoms with Crippen LogP contribution < -0.4 is 4.74 Å². The molecule has 0 heterocycles. The van der Waals surface area contributed by atoms with Gasteiger partial charge in [0.25, 0.3) is 0 Å². The van der Waals surface area contributed by atoms with Crippen LogP contribution >= 0.6 is 0 Å². The van der Waals surface area contributed by atoms with Crippen molar-refractivity contribution in [3.05, 3.63) is 53.6 Å². The van der Waals surface area contributed by atoms with Crippen molar-refractivity contribution < 1.29 is 23.4 Å². The molecule has 0 saturated carbocycles. The Bertz CT molecular complexity index is 654. The number of halogens is 2. The highest BCUT2D eigenvalue weighted by atomic mass is 19.2. The van der Waals surface area contributed by atoms with E-state index >= 15 is 0 Å². The van der Waals surface area contributed by atoms with E-state index in [0.29, 0.717) is 22.4 Å². The van der Waals surface area contributed by atoms with Gasteiger partial charge in [-0.25, -0.2) is 8.78 Å². The Morgan fingerprint density at radius 1 is 1.15 bits per heavy atom. The summed E-state index contributed by atoms with van der Waals surface area (Å²) >= 11 is 0. The van der Waals surface area contributed by atoms with Crippen LogP contribution in [-0.4, -0.2) is 18.2 Å².